The van der Waals surface area contributed by atoms with Gasteiger partial charge in [-0.3, -0.25) is 4.98 Å². The Morgan fingerprint density at radius 2 is 2.17 bits per heavy atom. The summed E-state index contributed by atoms with van der Waals surface area (Å²) in [6.07, 6.45) is 3.52. The van der Waals surface area contributed by atoms with Crippen molar-refractivity contribution in [3.05, 3.63) is 48.5 Å². The van der Waals surface area contributed by atoms with Crippen LogP contribution in [-0.4, -0.2) is 44.0 Å². The van der Waals surface area contributed by atoms with E-state index in [1.54, 1.807) is 24.5 Å². The number of hydrogen-bond donors (Lipinski definition) is 0. The zero-order valence-electron chi connectivity index (χ0n) is 13.1. The number of pyridine rings is 1. The largest absolute Gasteiger partial charge is 0.494 e. The van der Waals surface area contributed by atoms with E-state index < -0.39 is 15.8 Å². The molecule has 1 saturated heterocycles. The van der Waals surface area contributed by atoms with Gasteiger partial charge < -0.3 is 9.47 Å². The van der Waals surface area contributed by atoms with Crippen LogP contribution in [0.2, 0.25) is 0 Å². The standard InChI is InChI=1S/C16H17FN2O4S/c1-22-16-5-4-14(9-15(16)17)24(20,21)19-8-6-13(11-19)23-12-3-2-7-18-10-12/h2-5,7,9-10,13H,6,8,11H2,1H3/t13-/m1/s1. The number of methoxy groups -OCH3 is 1. The topological polar surface area (TPSA) is 68.7 Å². The maximum atomic E-state index is 13.8. The van der Waals surface area contributed by atoms with E-state index in [0.717, 1.165) is 6.07 Å². The minimum Gasteiger partial charge on any atom is -0.494 e. The van der Waals surface area contributed by atoms with Gasteiger partial charge in [0.2, 0.25) is 10.0 Å². The molecule has 8 heteroatoms. The summed E-state index contributed by atoms with van der Waals surface area (Å²) in [7, 11) is -2.44. The lowest BCUT2D eigenvalue weighted by molar-refractivity contribution is 0.214. The molecule has 1 atom stereocenters. The van der Waals surface area contributed by atoms with Gasteiger partial charge in [-0.1, -0.05) is 0 Å². The Morgan fingerprint density at radius 3 is 2.83 bits per heavy atom. The Hall–Kier alpha value is -2.19. The van der Waals surface area contributed by atoms with Gasteiger partial charge in [0.15, 0.2) is 11.6 Å². The number of rotatable bonds is 5. The first-order valence-electron chi connectivity index (χ1n) is 7.41. The number of sulfonamides is 1. The summed E-state index contributed by atoms with van der Waals surface area (Å²) in [5.74, 6) is -0.105. The van der Waals surface area contributed by atoms with E-state index in [4.69, 9.17) is 9.47 Å². The second-order valence-corrected chi connectivity index (χ2v) is 7.31. The molecule has 1 fully saturated rings. The number of benzene rings is 1. The molecule has 0 unspecified atom stereocenters. The molecule has 1 aromatic carbocycles. The van der Waals surface area contributed by atoms with Crippen LogP contribution < -0.4 is 9.47 Å². The molecule has 0 spiro atoms. The maximum absolute atomic E-state index is 13.8. The molecule has 0 radical (unpaired) electrons. The summed E-state index contributed by atoms with van der Waals surface area (Å²) in [6.45, 7) is 0.534. The van der Waals surface area contributed by atoms with Crippen molar-refractivity contribution in [3.63, 3.8) is 0 Å². The van der Waals surface area contributed by atoms with Crippen molar-refractivity contribution in [1.29, 1.82) is 0 Å². The van der Waals surface area contributed by atoms with E-state index in [-0.39, 0.29) is 23.3 Å². The smallest absolute Gasteiger partial charge is 0.243 e. The van der Waals surface area contributed by atoms with Crippen molar-refractivity contribution in [2.45, 2.75) is 17.4 Å². The van der Waals surface area contributed by atoms with E-state index in [0.29, 0.717) is 18.7 Å². The molecule has 0 aliphatic carbocycles. The van der Waals surface area contributed by atoms with Gasteiger partial charge in [-0.15, -0.1) is 0 Å². The summed E-state index contributed by atoms with van der Waals surface area (Å²) in [5.41, 5.74) is 0. The van der Waals surface area contributed by atoms with E-state index in [2.05, 4.69) is 4.98 Å². The molecule has 0 amide bonds. The second kappa shape index (κ2) is 6.74. The highest BCUT2D eigenvalue weighted by Gasteiger charge is 2.34. The molecule has 0 bridgehead atoms. The van der Waals surface area contributed by atoms with Gasteiger partial charge in [0, 0.05) is 12.7 Å². The monoisotopic (exact) mass is 352 g/mol. The zero-order valence-corrected chi connectivity index (χ0v) is 13.9. The lowest BCUT2D eigenvalue weighted by Crippen LogP contribution is -2.31. The van der Waals surface area contributed by atoms with E-state index >= 15 is 0 Å². The quantitative estimate of drug-likeness (QED) is 0.824. The third kappa shape index (κ3) is 3.34. The van der Waals surface area contributed by atoms with Crippen molar-refractivity contribution < 1.29 is 22.3 Å². The summed E-state index contributed by atoms with van der Waals surface area (Å²) in [6, 6.07) is 7.14. The Labute approximate surface area is 139 Å². The molecular weight excluding hydrogens is 335 g/mol. The predicted molar refractivity (Wildman–Crippen MR) is 85.0 cm³/mol. The van der Waals surface area contributed by atoms with Crippen molar-refractivity contribution in [3.8, 4) is 11.5 Å². The molecule has 24 heavy (non-hydrogen) atoms. The van der Waals surface area contributed by atoms with E-state index in [1.165, 1.54) is 23.5 Å². The molecule has 1 aromatic heterocycles. The average Bonchev–Trinajstić information content (AvgIpc) is 3.05. The molecule has 2 aromatic rings. The van der Waals surface area contributed by atoms with Crippen molar-refractivity contribution in [2.75, 3.05) is 20.2 Å². The fourth-order valence-electron chi connectivity index (χ4n) is 2.58. The highest BCUT2D eigenvalue weighted by molar-refractivity contribution is 7.89. The normalized spacial score (nSPS) is 18.5. The third-order valence-corrected chi connectivity index (χ3v) is 5.67. The van der Waals surface area contributed by atoms with Crippen LogP contribution in [0, 0.1) is 5.82 Å². The van der Waals surface area contributed by atoms with Crippen LogP contribution in [0.1, 0.15) is 6.42 Å². The number of aromatic nitrogens is 1. The fourth-order valence-corrected chi connectivity index (χ4v) is 4.08. The Balaban J connectivity index is 1.73. The summed E-state index contributed by atoms with van der Waals surface area (Å²) < 4.78 is 50.9. The fraction of sp³-hybridized carbons (Fsp3) is 0.312. The maximum Gasteiger partial charge on any atom is 0.243 e. The molecule has 1 aliphatic rings. The molecular formula is C16H17FN2O4S. The minimum absolute atomic E-state index is 0.00756. The molecule has 3 rings (SSSR count). The first kappa shape index (κ1) is 16.7. The van der Waals surface area contributed by atoms with Gasteiger partial charge in [0.05, 0.1) is 24.7 Å². The Kier molecular flexibility index (Phi) is 4.68. The van der Waals surface area contributed by atoms with Gasteiger partial charge in [0.25, 0.3) is 0 Å². The number of hydrogen-bond acceptors (Lipinski definition) is 5. The summed E-state index contributed by atoms with van der Waals surface area (Å²) >= 11 is 0. The van der Waals surface area contributed by atoms with Crippen molar-refractivity contribution in [1.82, 2.24) is 9.29 Å². The average molecular weight is 352 g/mol. The number of ether oxygens (including phenoxy) is 2. The van der Waals surface area contributed by atoms with Crippen LogP contribution in [0.4, 0.5) is 4.39 Å². The lowest BCUT2D eigenvalue weighted by atomic mass is 10.3. The van der Waals surface area contributed by atoms with Crippen molar-refractivity contribution >= 4 is 10.0 Å². The SMILES string of the molecule is COc1ccc(S(=O)(=O)N2CC[C@@H](Oc3cccnc3)C2)cc1F. The van der Waals surface area contributed by atoms with Crippen LogP contribution in [0.3, 0.4) is 0 Å². The lowest BCUT2D eigenvalue weighted by Gasteiger charge is -2.17. The third-order valence-electron chi connectivity index (χ3n) is 3.81. The van der Waals surface area contributed by atoms with Crippen molar-refractivity contribution in [2.24, 2.45) is 0 Å². The van der Waals surface area contributed by atoms with Gasteiger partial charge in [-0.2, -0.15) is 4.31 Å². The molecule has 0 N–H and O–H groups in total. The first-order valence-corrected chi connectivity index (χ1v) is 8.85. The van der Waals surface area contributed by atoms with Gasteiger partial charge >= 0.3 is 0 Å². The first-order chi connectivity index (χ1) is 11.5. The Bertz CT molecular complexity index is 814. The zero-order chi connectivity index (χ0) is 17.2. The van der Waals surface area contributed by atoms with Crippen LogP contribution in [0.15, 0.2) is 47.6 Å². The van der Waals surface area contributed by atoms with Gasteiger partial charge in [-0.05, 0) is 36.8 Å². The summed E-state index contributed by atoms with van der Waals surface area (Å²) in [4.78, 5) is 3.86. The van der Waals surface area contributed by atoms with Gasteiger partial charge in [-0.25, -0.2) is 12.8 Å². The molecule has 6 nitrogen and oxygen atoms in total. The van der Waals surface area contributed by atoms with Crippen LogP contribution in [0.25, 0.3) is 0 Å². The van der Waals surface area contributed by atoms with E-state index in [1.807, 2.05) is 0 Å². The Morgan fingerprint density at radius 1 is 1.33 bits per heavy atom. The van der Waals surface area contributed by atoms with E-state index in [9.17, 15) is 12.8 Å². The highest BCUT2D eigenvalue weighted by Crippen LogP contribution is 2.26. The highest BCUT2D eigenvalue weighted by atomic mass is 32.2. The molecule has 0 saturated carbocycles. The van der Waals surface area contributed by atoms with Crippen LogP contribution >= 0.6 is 0 Å². The number of nitrogens with zero attached hydrogens (tertiary/aromatic N) is 2. The number of halogens is 1. The van der Waals surface area contributed by atoms with Crippen LogP contribution in [0.5, 0.6) is 11.5 Å². The predicted octanol–water partition coefficient (Wildman–Crippen LogP) is 2.07. The summed E-state index contributed by atoms with van der Waals surface area (Å²) in [5, 5.41) is 0. The molecule has 2 heterocycles. The molecule has 1 aliphatic heterocycles. The van der Waals surface area contributed by atoms with Gasteiger partial charge in [0.1, 0.15) is 11.9 Å². The second-order valence-electron chi connectivity index (χ2n) is 5.38. The van der Waals surface area contributed by atoms with Crippen LogP contribution in [-0.2, 0) is 10.0 Å². The minimum atomic E-state index is -3.77. The molecule has 128 valence electrons.